The fraction of sp³-hybridized carbons (Fsp3) is 0.286. The van der Waals surface area contributed by atoms with Crippen LogP contribution in [0.25, 0.3) is 11.3 Å². The van der Waals surface area contributed by atoms with Gasteiger partial charge in [0.15, 0.2) is 11.6 Å². The number of benzene rings is 1. The number of hydrogen-bond acceptors (Lipinski definition) is 2. The molecule has 1 aromatic heterocycles. The SMILES string of the molecule is CC(=O)c1ncc(-c2cc(C)c(C)cc2C)[nH]1. The van der Waals surface area contributed by atoms with E-state index in [0.717, 1.165) is 11.3 Å². The molecule has 0 radical (unpaired) electrons. The fourth-order valence-electron chi connectivity index (χ4n) is 1.89. The quantitative estimate of drug-likeness (QED) is 0.802. The molecule has 0 saturated heterocycles. The normalized spacial score (nSPS) is 10.6. The van der Waals surface area contributed by atoms with E-state index in [-0.39, 0.29) is 5.78 Å². The van der Waals surface area contributed by atoms with Gasteiger partial charge in [-0.1, -0.05) is 6.07 Å². The summed E-state index contributed by atoms with van der Waals surface area (Å²) >= 11 is 0. The molecule has 0 spiro atoms. The van der Waals surface area contributed by atoms with E-state index in [4.69, 9.17) is 0 Å². The van der Waals surface area contributed by atoms with Crippen molar-refractivity contribution in [1.29, 1.82) is 0 Å². The summed E-state index contributed by atoms with van der Waals surface area (Å²) in [7, 11) is 0. The predicted molar refractivity (Wildman–Crippen MR) is 68.2 cm³/mol. The average molecular weight is 228 g/mol. The van der Waals surface area contributed by atoms with Crippen molar-refractivity contribution in [2.24, 2.45) is 0 Å². The Labute approximate surface area is 101 Å². The van der Waals surface area contributed by atoms with E-state index in [2.05, 4.69) is 42.9 Å². The van der Waals surface area contributed by atoms with Gasteiger partial charge in [-0.3, -0.25) is 4.79 Å². The standard InChI is InChI=1S/C14H16N2O/c1-8-5-10(3)12(6-9(8)2)13-7-15-14(16-13)11(4)17/h5-7H,1-4H3,(H,15,16). The monoisotopic (exact) mass is 228 g/mol. The summed E-state index contributed by atoms with van der Waals surface area (Å²) in [4.78, 5) is 18.3. The number of carbonyl (C=O) groups excluding carboxylic acids is 1. The van der Waals surface area contributed by atoms with Crippen LogP contribution in [0.4, 0.5) is 0 Å². The van der Waals surface area contributed by atoms with Crippen molar-refractivity contribution in [2.45, 2.75) is 27.7 Å². The Balaban J connectivity index is 2.52. The summed E-state index contributed by atoms with van der Waals surface area (Å²) in [6.45, 7) is 7.76. The minimum absolute atomic E-state index is 0.0438. The van der Waals surface area contributed by atoms with E-state index in [1.165, 1.54) is 23.6 Å². The maximum Gasteiger partial charge on any atom is 0.194 e. The van der Waals surface area contributed by atoms with Crippen molar-refractivity contribution in [2.75, 3.05) is 0 Å². The zero-order valence-electron chi connectivity index (χ0n) is 10.6. The van der Waals surface area contributed by atoms with Gasteiger partial charge in [0.05, 0.1) is 11.9 Å². The van der Waals surface area contributed by atoms with E-state index in [9.17, 15) is 4.79 Å². The first-order chi connectivity index (χ1) is 7.99. The van der Waals surface area contributed by atoms with Crippen LogP contribution in [0.5, 0.6) is 0 Å². The van der Waals surface area contributed by atoms with Crippen LogP contribution in [0.3, 0.4) is 0 Å². The molecule has 0 fully saturated rings. The number of aryl methyl sites for hydroxylation is 3. The van der Waals surface area contributed by atoms with Crippen LogP contribution < -0.4 is 0 Å². The summed E-state index contributed by atoms with van der Waals surface area (Å²) in [6.07, 6.45) is 1.72. The van der Waals surface area contributed by atoms with Gasteiger partial charge in [0.1, 0.15) is 0 Å². The molecule has 0 atom stereocenters. The lowest BCUT2D eigenvalue weighted by molar-refractivity contribution is 0.100. The van der Waals surface area contributed by atoms with E-state index >= 15 is 0 Å². The summed E-state index contributed by atoms with van der Waals surface area (Å²) in [5.41, 5.74) is 5.71. The van der Waals surface area contributed by atoms with Gasteiger partial charge in [0, 0.05) is 12.5 Å². The number of carbonyl (C=O) groups is 1. The molecule has 3 heteroatoms. The maximum atomic E-state index is 11.2. The maximum absolute atomic E-state index is 11.2. The Kier molecular flexibility index (Phi) is 2.84. The van der Waals surface area contributed by atoms with Crippen LogP contribution in [0, 0.1) is 20.8 Å². The highest BCUT2D eigenvalue weighted by Gasteiger charge is 2.09. The molecule has 0 aliphatic rings. The molecule has 0 unspecified atom stereocenters. The van der Waals surface area contributed by atoms with E-state index in [0.29, 0.717) is 5.82 Å². The molecule has 1 aromatic carbocycles. The summed E-state index contributed by atoms with van der Waals surface area (Å²) in [6, 6.07) is 4.28. The average Bonchev–Trinajstić information content (AvgIpc) is 2.72. The fourth-order valence-corrected chi connectivity index (χ4v) is 1.89. The Hall–Kier alpha value is -1.90. The Bertz CT molecular complexity index is 582. The largest absolute Gasteiger partial charge is 0.336 e. The highest BCUT2D eigenvalue weighted by atomic mass is 16.1. The third kappa shape index (κ3) is 2.13. The van der Waals surface area contributed by atoms with E-state index in [1.807, 2.05) is 0 Å². The van der Waals surface area contributed by atoms with Crippen molar-refractivity contribution >= 4 is 5.78 Å². The molecule has 0 aliphatic heterocycles. The first-order valence-corrected chi connectivity index (χ1v) is 5.63. The van der Waals surface area contributed by atoms with Crippen molar-refractivity contribution in [3.63, 3.8) is 0 Å². The smallest absolute Gasteiger partial charge is 0.194 e. The third-order valence-electron chi connectivity index (χ3n) is 3.04. The van der Waals surface area contributed by atoms with Gasteiger partial charge in [-0.2, -0.15) is 0 Å². The molecule has 2 aromatic rings. The number of ketones is 1. The lowest BCUT2D eigenvalue weighted by Gasteiger charge is -2.07. The van der Waals surface area contributed by atoms with Crippen molar-refractivity contribution in [3.8, 4) is 11.3 Å². The zero-order chi connectivity index (χ0) is 12.6. The Morgan fingerprint density at radius 3 is 2.35 bits per heavy atom. The number of hydrogen-bond donors (Lipinski definition) is 1. The number of nitrogens with zero attached hydrogens (tertiary/aromatic N) is 1. The number of nitrogens with one attached hydrogen (secondary N) is 1. The third-order valence-corrected chi connectivity index (χ3v) is 3.04. The van der Waals surface area contributed by atoms with Gasteiger partial charge in [-0.05, 0) is 43.5 Å². The first kappa shape index (κ1) is 11.6. The van der Waals surface area contributed by atoms with Crippen molar-refractivity contribution < 1.29 is 4.79 Å². The number of imidazole rings is 1. The van der Waals surface area contributed by atoms with Crippen molar-refractivity contribution in [1.82, 2.24) is 9.97 Å². The van der Waals surface area contributed by atoms with Gasteiger partial charge in [0.25, 0.3) is 0 Å². The van der Waals surface area contributed by atoms with Crippen LogP contribution >= 0.6 is 0 Å². The molecule has 0 bridgehead atoms. The van der Waals surface area contributed by atoms with Crippen LogP contribution in [0.1, 0.15) is 34.2 Å². The van der Waals surface area contributed by atoms with Crippen LogP contribution in [-0.4, -0.2) is 15.8 Å². The zero-order valence-corrected chi connectivity index (χ0v) is 10.6. The second-order valence-corrected chi connectivity index (χ2v) is 4.45. The number of aromatic nitrogens is 2. The highest BCUT2D eigenvalue weighted by Crippen LogP contribution is 2.24. The molecule has 88 valence electrons. The molecule has 1 heterocycles. The van der Waals surface area contributed by atoms with Gasteiger partial charge in [-0.25, -0.2) is 4.98 Å². The van der Waals surface area contributed by atoms with Crippen LogP contribution in [0.15, 0.2) is 18.3 Å². The van der Waals surface area contributed by atoms with Crippen molar-refractivity contribution in [3.05, 3.63) is 40.8 Å². The highest BCUT2D eigenvalue weighted by molar-refractivity contribution is 5.91. The minimum atomic E-state index is -0.0438. The molecule has 0 saturated carbocycles. The number of Topliss-reactive ketones (excluding diaryl/α,β-unsaturated/α-hetero) is 1. The van der Waals surface area contributed by atoms with E-state index in [1.54, 1.807) is 6.20 Å². The molecular formula is C14H16N2O. The van der Waals surface area contributed by atoms with Crippen LogP contribution in [0.2, 0.25) is 0 Å². The minimum Gasteiger partial charge on any atom is -0.336 e. The summed E-state index contributed by atoms with van der Waals surface area (Å²) in [5, 5.41) is 0. The topological polar surface area (TPSA) is 45.8 Å². The predicted octanol–water partition coefficient (Wildman–Crippen LogP) is 3.20. The second kappa shape index (κ2) is 4.17. The summed E-state index contributed by atoms with van der Waals surface area (Å²) in [5.74, 6) is 0.371. The Morgan fingerprint density at radius 1 is 1.12 bits per heavy atom. The van der Waals surface area contributed by atoms with Crippen LogP contribution in [-0.2, 0) is 0 Å². The van der Waals surface area contributed by atoms with Gasteiger partial charge in [0.2, 0.25) is 0 Å². The summed E-state index contributed by atoms with van der Waals surface area (Å²) < 4.78 is 0. The molecule has 0 aliphatic carbocycles. The first-order valence-electron chi connectivity index (χ1n) is 5.63. The Morgan fingerprint density at radius 2 is 1.76 bits per heavy atom. The molecule has 3 nitrogen and oxygen atoms in total. The number of H-pyrrole nitrogens is 1. The molecular weight excluding hydrogens is 212 g/mol. The molecule has 2 rings (SSSR count). The lowest BCUT2D eigenvalue weighted by Crippen LogP contribution is -1.94. The van der Waals surface area contributed by atoms with Gasteiger partial charge in [-0.15, -0.1) is 0 Å². The van der Waals surface area contributed by atoms with Gasteiger partial charge >= 0.3 is 0 Å². The molecule has 1 N–H and O–H groups in total. The number of aromatic amines is 1. The second-order valence-electron chi connectivity index (χ2n) is 4.45. The lowest BCUT2D eigenvalue weighted by atomic mass is 9.99. The van der Waals surface area contributed by atoms with E-state index < -0.39 is 0 Å². The molecule has 0 amide bonds. The molecule has 17 heavy (non-hydrogen) atoms. The number of rotatable bonds is 2. The van der Waals surface area contributed by atoms with Gasteiger partial charge < -0.3 is 4.98 Å².